The summed E-state index contributed by atoms with van der Waals surface area (Å²) in [7, 11) is 0. The molecule has 0 aliphatic heterocycles. The first kappa shape index (κ1) is 15.6. The van der Waals surface area contributed by atoms with Gasteiger partial charge in [-0.05, 0) is 18.4 Å². The number of carboxylic acid groups (broad SMARTS) is 1. The zero-order valence-electron chi connectivity index (χ0n) is 11.3. The van der Waals surface area contributed by atoms with Gasteiger partial charge in [-0.3, -0.25) is 19.7 Å². The molecule has 0 saturated heterocycles. The molecule has 0 heterocycles. The molecule has 0 spiro atoms. The standard InChI is InChI=1S/C13H16N2O5/c1-8(5-12(16)17)7-14-13(18)11-6-10(15(19)20)4-3-9(11)2/h3-4,6,8H,5,7H2,1-2H3,(H,14,18)(H,16,17). The number of nitro groups is 1. The molecule has 0 radical (unpaired) electrons. The van der Waals surface area contributed by atoms with Crippen molar-refractivity contribution < 1.29 is 19.6 Å². The molecule has 2 N–H and O–H groups in total. The maximum Gasteiger partial charge on any atom is 0.303 e. The molecule has 7 nitrogen and oxygen atoms in total. The molecule has 7 heteroatoms. The maximum atomic E-state index is 11.9. The van der Waals surface area contributed by atoms with Gasteiger partial charge in [0.1, 0.15) is 0 Å². The summed E-state index contributed by atoms with van der Waals surface area (Å²) in [5.41, 5.74) is 0.694. The predicted octanol–water partition coefficient (Wildman–Crippen LogP) is 1.74. The number of nitrogens with one attached hydrogen (secondary N) is 1. The number of amides is 1. The van der Waals surface area contributed by atoms with E-state index in [2.05, 4.69) is 5.32 Å². The smallest absolute Gasteiger partial charge is 0.303 e. The molecule has 0 bridgehead atoms. The number of nitrogens with zero attached hydrogens (tertiary/aromatic N) is 1. The average Bonchev–Trinajstić information content (AvgIpc) is 2.35. The minimum Gasteiger partial charge on any atom is -0.481 e. The minimum atomic E-state index is -0.932. The van der Waals surface area contributed by atoms with E-state index in [0.717, 1.165) is 0 Å². The van der Waals surface area contributed by atoms with Crippen LogP contribution < -0.4 is 5.32 Å². The van der Waals surface area contributed by atoms with Gasteiger partial charge >= 0.3 is 5.97 Å². The summed E-state index contributed by atoms with van der Waals surface area (Å²) in [4.78, 5) is 32.6. The van der Waals surface area contributed by atoms with Crippen LogP contribution in [0, 0.1) is 23.0 Å². The van der Waals surface area contributed by atoms with E-state index in [9.17, 15) is 19.7 Å². The van der Waals surface area contributed by atoms with Crippen molar-refractivity contribution in [3.05, 3.63) is 39.4 Å². The molecule has 1 aromatic rings. The largest absolute Gasteiger partial charge is 0.481 e. The number of non-ortho nitro benzene ring substituents is 1. The van der Waals surface area contributed by atoms with Crippen LogP contribution in [0.5, 0.6) is 0 Å². The maximum absolute atomic E-state index is 11.9. The highest BCUT2D eigenvalue weighted by atomic mass is 16.6. The highest BCUT2D eigenvalue weighted by Gasteiger charge is 2.15. The topological polar surface area (TPSA) is 110 Å². The van der Waals surface area contributed by atoms with Crippen LogP contribution >= 0.6 is 0 Å². The Kier molecular flexibility index (Phi) is 5.19. The Bertz CT molecular complexity index is 542. The number of benzene rings is 1. The summed E-state index contributed by atoms with van der Waals surface area (Å²) < 4.78 is 0. The molecule has 1 aromatic carbocycles. The zero-order chi connectivity index (χ0) is 15.3. The number of aryl methyl sites for hydroxylation is 1. The molecular formula is C13H16N2O5. The van der Waals surface area contributed by atoms with Crippen molar-refractivity contribution in [2.24, 2.45) is 5.92 Å². The molecule has 20 heavy (non-hydrogen) atoms. The van der Waals surface area contributed by atoms with Gasteiger partial charge in [0.05, 0.1) is 4.92 Å². The highest BCUT2D eigenvalue weighted by Crippen LogP contribution is 2.17. The third-order valence-electron chi connectivity index (χ3n) is 2.81. The second-order valence-corrected chi connectivity index (χ2v) is 4.67. The highest BCUT2D eigenvalue weighted by molar-refractivity contribution is 5.96. The molecule has 1 unspecified atom stereocenters. The van der Waals surface area contributed by atoms with Crippen LogP contribution in [0.3, 0.4) is 0 Å². The summed E-state index contributed by atoms with van der Waals surface area (Å²) in [5.74, 6) is -1.59. The van der Waals surface area contributed by atoms with Crippen LogP contribution in [-0.4, -0.2) is 28.5 Å². The normalized spacial score (nSPS) is 11.7. The van der Waals surface area contributed by atoms with Gasteiger partial charge in [0.25, 0.3) is 11.6 Å². The molecule has 0 saturated carbocycles. The van der Waals surface area contributed by atoms with E-state index in [0.29, 0.717) is 5.56 Å². The van der Waals surface area contributed by atoms with E-state index in [1.165, 1.54) is 18.2 Å². The van der Waals surface area contributed by atoms with Crippen LogP contribution in [0.15, 0.2) is 18.2 Å². The first-order valence-electron chi connectivity index (χ1n) is 6.06. The summed E-state index contributed by atoms with van der Waals surface area (Å²) >= 11 is 0. The van der Waals surface area contributed by atoms with Gasteiger partial charge in [-0.15, -0.1) is 0 Å². The average molecular weight is 280 g/mol. The molecule has 108 valence electrons. The molecule has 0 aliphatic rings. The van der Waals surface area contributed by atoms with Crippen molar-refractivity contribution in [1.82, 2.24) is 5.32 Å². The van der Waals surface area contributed by atoms with Crippen molar-refractivity contribution >= 4 is 17.6 Å². The predicted molar refractivity (Wildman–Crippen MR) is 71.6 cm³/mol. The van der Waals surface area contributed by atoms with Crippen LogP contribution in [0.25, 0.3) is 0 Å². The van der Waals surface area contributed by atoms with E-state index in [-0.39, 0.29) is 30.1 Å². The van der Waals surface area contributed by atoms with Crippen molar-refractivity contribution in [3.63, 3.8) is 0 Å². The lowest BCUT2D eigenvalue weighted by atomic mass is 10.1. The van der Waals surface area contributed by atoms with Crippen LogP contribution in [-0.2, 0) is 4.79 Å². The van der Waals surface area contributed by atoms with Crippen molar-refractivity contribution in [2.75, 3.05) is 6.54 Å². The number of carbonyl (C=O) groups is 2. The monoisotopic (exact) mass is 280 g/mol. The number of nitro benzene ring substituents is 1. The lowest BCUT2D eigenvalue weighted by molar-refractivity contribution is -0.384. The van der Waals surface area contributed by atoms with Gasteiger partial charge < -0.3 is 10.4 Å². The lowest BCUT2D eigenvalue weighted by Crippen LogP contribution is -2.29. The van der Waals surface area contributed by atoms with Gasteiger partial charge in [0.15, 0.2) is 0 Å². The first-order valence-corrected chi connectivity index (χ1v) is 6.06. The summed E-state index contributed by atoms with van der Waals surface area (Å²) in [5, 5.41) is 21.9. The van der Waals surface area contributed by atoms with Gasteiger partial charge in [-0.2, -0.15) is 0 Å². The second-order valence-electron chi connectivity index (χ2n) is 4.67. The van der Waals surface area contributed by atoms with Crippen molar-refractivity contribution in [2.45, 2.75) is 20.3 Å². The molecule has 0 aromatic heterocycles. The number of carbonyl (C=O) groups excluding carboxylic acids is 1. The molecule has 0 fully saturated rings. The first-order chi connectivity index (χ1) is 9.31. The Morgan fingerprint density at radius 2 is 2.10 bits per heavy atom. The summed E-state index contributed by atoms with van der Waals surface area (Å²) in [6.07, 6.45) is -0.0474. The quantitative estimate of drug-likeness (QED) is 0.609. The van der Waals surface area contributed by atoms with Crippen LogP contribution in [0.2, 0.25) is 0 Å². The van der Waals surface area contributed by atoms with Crippen LogP contribution in [0.1, 0.15) is 29.3 Å². The van der Waals surface area contributed by atoms with Crippen LogP contribution in [0.4, 0.5) is 5.69 Å². The number of carboxylic acids is 1. The molecule has 1 atom stereocenters. The van der Waals surface area contributed by atoms with Crippen molar-refractivity contribution in [3.8, 4) is 0 Å². The van der Waals surface area contributed by atoms with E-state index in [1.807, 2.05) is 0 Å². The molecular weight excluding hydrogens is 264 g/mol. The fraction of sp³-hybridized carbons (Fsp3) is 0.385. The van der Waals surface area contributed by atoms with E-state index >= 15 is 0 Å². The lowest BCUT2D eigenvalue weighted by Gasteiger charge is -2.11. The fourth-order valence-electron chi connectivity index (χ4n) is 1.70. The zero-order valence-corrected chi connectivity index (χ0v) is 11.3. The van der Waals surface area contributed by atoms with Crippen molar-refractivity contribution in [1.29, 1.82) is 0 Å². The number of aliphatic carboxylic acids is 1. The molecule has 1 rings (SSSR count). The summed E-state index contributed by atoms with van der Waals surface area (Å²) in [6.45, 7) is 3.58. The fourth-order valence-corrected chi connectivity index (χ4v) is 1.70. The third kappa shape index (κ3) is 4.34. The third-order valence-corrected chi connectivity index (χ3v) is 2.81. The Hall–Kier alpha value is -2.44. The van der Waals surface area contributed by atoms with Gasteiger partial charge in [0, 0.05) is 30.7 Å². The van der Waals surface area contributed by atoms with Gasteiger partial charge in [-0.25, -0.2) is 0 Å². The Labute approximate surface area is 115 Å². The SMILES string of the molecule is Cc1ccc([N+](=O)[O-])cc1C(=O)NCC(C)CC(=O)O. The molecule has 1 amide bonds. The Morgan fingerprint density at radius 1 is 1.45 bits per heavy atom. The minimum absolute atomic E-state index is 0.0474. The second kappa shape index (κ2) is 6.65. The van der Waals surface area contributed by atoms with Gasteiger partial charge in [-0.1, -0.05) is 13.0 Å². The Morgan fingerprint density at radius 3 is 2.65 bits per heavy atom. The molecule has 0 aliphatic carbocycles. The van der Waals surface area contributed by atoms with E-state index in [1.54, 1.807) is 13.8 Å². The summed E-state index contributed by atoms with van der Waals surface area (Å²) in [6, 6.07) is 4.05. The van der Waals surface area contributed by atoms with Gasteiger partial charge in [0.2, 0.25) is 0 Å². The number of rotatable bonds is 6. The number of hydrogen-bond acceptors (Lipinski definition) is 4. The van der Waals surface area contributed by atoms with E-state index < -0.39 is 16.8 Å². The number of hydrogen-bond donors (Lipinski definition) is 2. The van der Waals surface area contributed by atoms with E-state index in [4.69, 9.17) is 5.11 Å². The Balaban J connectivity index is 2.74.